The molecule has 3 rings (SSSR count). The van der Waals surface area contributed by atoms with Crippen molar-refractivity contribution in [1.29, 1.82) is 0 Å². The molecule has 0 unspecified atom stereocenters. The Kier molecular flexibility index (Phi) is 7.69. The lowest BCUT2D eigenvalue weighted by molar-refractivity contribution is -0.140. The number of rotatable bonds is 8. The highest BCUT2D eigenvalue weighted by atomic mass is 127. The molecule has 1 saturated carbocycles. The van der Waals surface area contributed by atoms with Gasteiger partial charge in [0, 0.05) is 36.2 Å². The largest absolute Gasteiger partial charge is 0.406 e. The monoisotopic (exact) mass is 525 g/mol. The highest BCUT2D eigenvalue weighted by Crippen LogP contribution is 2.33. The van der Waals surface area contributed by atoms with Gasteiger partial charge in [0.05, 0.1) is 22.4 Å². The van der Waals surface area contributed by atoms with Crippen molar-refractivity contribution in [1.82, 2.24) is 9.47 Å². The summed E-state index contributed by atoms with van der Waals surface area (Å²) in [7, 11) is 0. The Morgan fingerprint density at radius 2 is 1.76 bits per heavy atom. The molecule has 0 spiro atoms. The van der Waals surface area contributed by atoms with Gasteiger partial charge in [-0.25, -0.2) is 0 Å². The third-order valence-electron chi connectivity index (χ3n) is 5.58. The zero-order valence-corrected chi connectivity index (χ0v) is 18.3. The Hall–Kier alpha value is -1.04. The van der Waals surface area contributed by atoms with Crippen LogP contribution in [0.3, 0.4) is 0 Å². The molecule has 9 heteroatoms. The topological polar surface area (TPSA) is 60.7 Å². The molecule has 2 aromatic rings. The predicted molar refractivity (Wildman–Crippen MR) is 116 cm³/mol. The molecule has 1 aromatic heterocycles. The van der Waals surface area contributed by atoms with Crippen LogP contribution in [0.4, 0.5) is 18.9 Å². The van der Waals surface area contributed by atoms with Gasteiger partial charge in [0.15, 0.2) is 0 Å². The number of aromatic nitrogens is 1. The van der Waals surface area contributed by atoms with Crippen molar-refractivity contribution in [2.75, 3.05) is 31.6 Å². The third-order valence-corrected chi connectivity index (χ3v) is 6.47. The smallest absolute Gasteiger partial charge is 0.395 e. The number of halogens is 4. The summed E-state index contributed by atoms with van der Waals surface area (Å²) < 4.78 is 40.7. The molecular formula is C20H27F3IN3O2. The van der Waals surface area contributed by atoms with Gasteiger partial charge in [0.25, 0.3) is 0 Å². The Morgan fingerprint density at radius 1 is 1.10 bits per heavy atom. The minimum atomic E-state index is -4.26. The number of aliphatic hydroxyl groups is 2. The van der Waals surface area contributed by atoms with E-state index in [1.165, 1.54) is 4.57 Å². The molecule has 3 N–H and O–H groups in total. The minimum absolute atomic E-state index is 0.0771. The van der Waals surface area contributed by atoms with Crippen LogP contribution in [0, 0.1) is 3.70 Å². The summed E-state index contributed by atoms with van der Waals surface area (Å²) >= 11 is 1.96. The predicted octanol–water partition coefficient (Wildman–Crippen LogP) is 3.82. The van der Waals surface area contributed by atoms with Crippen molar-refractivity contribution in [2.45, 2.75) is 50.5 Å². The van der Waals surface area contributed by atoms with E-state index in [0.717, 1.165) is 36.8 Å². The van der Waals surface area contributed by atoms with Crippen LogP contribution in [0.2, 0.25) is 0 Å². The Balaban J connectivity index is 1.69. The molecular weight excluding hydrogens is 498 g/mol. The molecule has 1 aromatic carbocycles. The zero-order valence-electron chi connectivity index (χ0n) is 16.1. The molecule has 1 aliphatic rings. The number of hydrogen-bond acceptors (Lipinski definition) is 4. The first-order valence-corrected chi connectivity index (χ1v) is 11.0. The van der Waals surface area contributed by atoms with Gasteiger partial charge in [0.1, 0.15) is 6.54 Å². The molecule has 1 heterocycles. The van der Waals surface area contributed by atoms with Crippen LogP contribution >= 0.6 is 22.6 Å². The molecule has 0 radical (unpaired) electrons. The van der Waals surface area contributed by atoms with Crippen LogP contribution in [0.15, 0.2) is 24.3 Å². The van der Waals surface area contributed by atoms with Crippen LogP contribution in [0.5, 0.6) is 0 Å². The molecule has 0 amide bonds. The second kappa shape index (κ2) is 9.84. The second-order valence-corrected chi connectivity index (χ2v) is 8.64. The molecule has 1 aliphatic carbocycles. The fourth-order valence-corrected chi connectivity index (χ4v) is 5.00. The van der Waals surface area contributed by atoms with Crippen LogP contribution in [-0.4, -0.2) is 64.2 Å². The molecule has 29 heavy (non-hydrogen) atoms. The van der Waals surface area contributed by atoms with E-state index in [2.05, 4.69) is 10.2 Å². The van der Waals surface area contributed by atoms with E-state index in [0.29, 0.717) is 28.3 Å². The standard InChI is InChI=1S/C20H27F3IN3O2/c21-20(22,23)13-27-18-3-1-2-17(16(18)12-19(27)24)25-14-4-6-15(7-5-14)26(8-10-28)9-11-29/h1-3,12,14-15,25,28-29H,4-11,13H2. The van der Waals surface area contributed by atoms with Crippen molar-refractivity contribution in [3.63, 3.8) is 0 Å². The quantitative estimate of drug-likeness (QED) is 0.459. The third kappa shape index (κ3) is 5.77. The SMILES string of the molecule is OCCN(CCO)C1CCC(Nc2cccc3c2cc(I)n3CC(F)(F)F)CC1. The Morgan fingerprint density at radius 3 is 2.34 bits per heavy atom. The highest BCUT2D eigenvalue weighted by Gasteiger charge is 2.30. The summed E-state index contributed by atoms with van der Waals surface area (Å²) in [6.45, 7) is 0.290. The summed E-state index contributed by atoms with van der Waals surface area (Å²) in [4.78, 5) is 2.14. The van der Waals surface area contributed by atoms with Gasteiger partial charge in [-0.3, -0.25) is 4.90 Å². The van der Waals surface area contributed by atoms with Gasteiger partial charge in [-0.15, -0.1) is 0 Å². The van der Waals surface area contributed by atoms with Crippen LogP contribution in [0.25, 0.3) is 10.9 Å². The summed E-state index contributed by atoms with van der Waals surface area (Å²) in [6, 6.07) is 7.85. The number of fused-ring (bicyclic) bond motifs is 1. The first-order chi connectivity index (χ1) is 13.8. The number of anilines is 1. The Bertz CT molecular complexity index is 798. The maximum atomic E-state index is 12.9. The van der Waals surface area contributed by atoms with E-state index in [9.17, 15) is 23.4 Å². The lowest BCUT2D eigenvalue weighted by Gasteiger charge is -2.37. The fraction of sp³-hybridized carbons (Fsp3) is 0.600. The van der Waals surface area contributed by atoms with E-state index in [1.54, 1.807) is 18.2 Å². The first kappa shape index (κ1) is 22.6. The minimum Gasteiger partial charge on any atom is -0.395 e. The van der Waals surface area contributed by atoms with Crippen molar-refractivity contribution >= 4 is 39.2 Å². The Labute approximate surface area is 182 Å². The van der Waals surface area contributed by atoms with Crippen molar-refractivity contribution < 1.29 is 23.4 Å². The van der Waals surface area contributed by atoms with Crippen LogP contribution in [0.1, 0.15) is 25.7 Å². The van der Waals surface area contributed by atoms with Gasteiger partial charge < -0.3 is 20.1 Å². The van der Waals surface area contributed by atoms with Crippen molar-refractivity contribution in [3.05, 3.63) is 28.0 Å². The number of nitrogens with one attached hydrogen (secondary N) is 1. The lowest BCUT2D eigenvalue weighted by Crippen LogP contribution is -2.43. The number of hydrogen-bond donors (Lipinski definition) is 3. The average molecular weight is 525 g/mol. The van der Waals surface area contributed by atoms with E-state index >= 15 is 0 Å². The van der Waals surface area contributed by atoms with E-state index in [1.807, 2.05) is 28.7 Å². The molecule has 0 aliphatic heterocycles. The van der Waals surface area contributed by atoms with Crippen molar-refractivity contribution in [3.8, 4) is 0 Å². The van der Waals surface area contributed by atoms with Gasteiger partial charge in [-0.2, -0.15) is 13.2 Å². The summed E-state index contributed by atoms with van der Waals surface area (Å²) in [6.07, 6.45) is -0.466. The van der Waals surface area contributed by atoms with E-state index < -0.39 is 12.7 Å². The maximum absolute atomic E-state index is 12.9. The normalized spacial score (nSPS) is 20.5. The van der Waals surface area contributed by atoms with Gasteiger partial charge in [-0.05, 0) is 66.5 Å². The lowest BCUT2D eigenvalue weighted by atomic mass is 9.89. The van der Waals surface area contributed by atoms with Gasteiger partial charge in [-0.1, -0.05) is 6.07 Å². The number of benzene rings is 1. The molecule has 162 valence electrons. The summed E-state index contributed by atoms with van der Waals surface area (Å²) in [5.74, 6) is 0. The van der Waals surface area contributed by atoms with Crippen LogP contribution < -0.4 is 5.32 Å². The second-order valence-electron chi connectivity index (χ2n) is 7.54. The zero-order chi connectivity index (χ0) is 21.0. The number of aliphatic hydroxyl groups excluding tert-OH is 2. The van der Waals surface area contributed by atoms with Gasteiger partial charge >= 0.3 is 6.18 Å². The molecule has 1 fully saturated rings. The van der Waals surface area contributed by atoms with E-state index in [-0.39, 0.29) is 19.3 Å². The maximum Gasteiger partial charge on any atom is 0.406 e. The summed E-state index contributed by atoms with van der Waals surface area (Å²) in [5, 5.41) is 22.8. The van der Waals surface area contributed by atoms with Crippen molar-refractivity contribution in [2.24, 2.45) is 0 Å². The molecule has 0 bridgehead atoms. The molecule has 0 atom stereocenters. The molecule has 0 saturated heterocycles. The fourth-order valence-electron chi connectivity index (χ4n) is 4.26. The number of nitrogens with zero attached hydrogens (tertiary/aromatic N) is 2. The highest BCUT2D eigenvalue weighted by molar-refractivity contribution is 14.1. The molecule has 5 nitrogen and oxygen atoms in total. The van der Waals surface area contributed by atoms with Gasteiger partial charge in [0.2, 0.25) is 0 Å². The van der Waals surface area contributed by atoms with E-state index in [4.69, 9.17) is 0 Å². The van der Waals surface area contributed by atoms with Crippen LogP contribution in [-0.2, 0) is 6.54 Å². The summed E-state index contributed by atoms with van der Waals surface area (Å²) in [5.41, 5.74) is 1.45. The first-order valence-electron chi connectivity index (χ1n) is 9.89. The average Bonchev–Trinajstić information content (AvgIpc) is 2.97. The number of alkyl halides is 3.